The van der Waals surface area contributed by atoms with E-state index in [1.807, 2.05) is 6.07 Å². The molecule has 0 aromatic heterocycles. The van der Waals surface area contributed by atoms with E-state index in [-0.39, 0.29) is 28.6 Å². The number of rotatable bonds is 7. The van der Waals surface area contributed by atoms with Crippen molar-refractivity contribution in [1.29, 1.82) is 0 Å². The number of benzene rings is 1. The molecular weight excluding hydrogens is 359 g/mol. The Morgan fingerprint density at radius 1 is 1.20 bits per heavy atom. The Morgan fingerprint density at radius 2 is 1.80 bits per heavy atom. The molecule has 0 atom stereocenters. The van der Waals surface area contributed by atoms with E-state index in [0.717, 1.165) is 11.1 Å². The highest BCUT2D eigenvalue weighted by molar-refractivity contribution is 7.81. The van der Waals surface area contributed by atoms with Crippen molar-refractivity contribution in [1.82, 2.24) is 0 Å². The SMILES string of the molecule is COC(OC)[Si]COc1ccc(O)cc1[P+](C)(C)C.[Br-]. The van der Waals surface area contributed by atoms with Gasteiger partial charge in [-0.05, 0) is 12.1 Å². The Bertz CT molecular complexity index is 408. The van der Waals surface area contributed by atoms with Gasteiger partial charge in [-0.15, -0.1) is 0 Å². The minimum atomic E-state index is -1.25. The molecule has 20 heavy (non-hydrogen) atoms. The summed E-state index contributed by atoms with van der Waals surface area (Å²) in [6.07, 6.45) is 0.546. The monoisotopic (exact) mass is 380 g/mol. The molecule has 0 spiro atoms. The molecule has 0 saturated carbocycles. The van der Waals surface area contributed by atoms with Gasteiger partial charge in [0.2, 0.25) is 0 Å². The standard InChI is InChI=1S/C13H21O4PSi.BrH/c1-15-13(16-2)19-9-17-11-7-6-10(14)8-12(11)18(3,4)5;/h6-8,13H,9H2,1-5H3;1H. The lowest BCUT2D eigenvalue weighted by atomic mass is 10.3. The summed E-state index contributed by atoms with van der Waals surface area (Å²) in [5.74, 6) is 0.911. The van der Waals surface area contributed by atoms with E-state index < -0.39 is 7.26 Å². The molecule has 1 rings (SSSR count). The fraction of sp³-hybridized carbons (Fsp3) is 0.538. The van der Waals surface area contributed by atoms with Crippen LogP contribution in [0, 0.1) is 0 Å². The number of phenols is 1. The van der Waals surface area contributed by atoms with E-state index >= 15 is 0 Å². The summed E-state index contributed by atoms with van der Waals surface area (Å²) >= 11 is 0. The van der Waals surface area contributed by atoms with Gasteiger partial charge in [0.1, 0.15) is 17.0 Å². The van der Waals surface area contributed by atoms with Gasteiger partial charge in [-0.25, -0.2) is 0 Å². The zero-order chi connectivity index (χ0) is 14.5. The van der Waals surface area contributed by atoms with Gasteiger partial charge in [-0.1, -0.05) is 0 Å². The first-order chi connectivity index (χ1) is 8.88. The van der Waals surface area contributed by atoms with E-state index in [9.17, 15) is 5.11 Å². The number of hydrogen-bond acceptors (Lipinski definition) is 4. The van der Waals surface area contributed by atoms with Crippen LogP contribution in [0.4, 0.5) is 0 Å². The molecule has 114 valence electrons. The van der Waals surface area contributed by atoms with Crippen molar-refractivity contribution in [2.75, 3.05) is 40.4 Å². The minimum Gasteiger partial charge on any atom is -1.00 e. The molecule has 1 aromatic rings. The number of hydrogen-bond donors (Lipinski definition) is 1. The fourth-order valence-electron chi connectivity index (χ4n) is 1.60. The third kappa shape index (κ3) is 6.10. The molecule has 2 radical (unpaired) electrons. The van der Waals surface area contributed by atoms with Crippen LogP contribution in [-0.2, 0) is 9.47 Å². The summed E-state index contributed by atoms with van der Waals surface area (Å²) in [6, 6.07) is 5.28. The highest BCUT2D eigenvalue weighted by Crippen LogP contribution is 2.48. The van der Waals surface area contributed by atoms with Crippen LogP contribution in [0.5, 0.6) is 11.5 Å². The number of methoxy groups -OCH3 is 2. The van der Waals surface area contributed by atoms with Gasteiger partial charge < -0.3 is 36.3 Å². The molecule has 1 aromatic carbocycles. The van der Waals surface area contributed by atoms with E-state index in [2.05, 4.69) is 20.0 Å². The molecule has 0 bridgehead atoms. The number of aromatic hydroxyl groups is 1. The lowest BCUT2D eigenvalue weighted by molar-refractivity contribution is -0.0450. The lowest BCUT2D eigenvalue weighted by Gasteiger charge is -2.18. The van der Waals surface area contributed by atoms with Gasteiger partial charge >= 0.3 is 0 Å². The quantitative estimate of drug-likeness (QED) is 0.357. The average Bonchev–Trinajstić information content (AvgIpc) is 2.35. The lowest BCUT2D eigenvalue weighted by Crippen LogP contribution is -3.00. The van der Waals surface area contributed by atoms with Crippen LogP contribution in [-0.4, -0.2) is 61.0 Å². The normalized spacial score (nSPS) is 11.3. The second-order valence-corrected chi connectivity index (χ2v) is 10.6. The zero-order valence-electron chi connectivity index (χ0n) is 12.5. The topological polar surface area (TPSA) is 47.9 Å². The van der Waals surface area contributed by atoms with Crippen LogP contribution in [0.1, 0.15) is 0 Å². The third-order valence-electron chi connectivity index (χ3n) is 2.57. The highest BCUT2D eigenvalue weighted by atomic mass is 79.9. The average molecular weight is 381 g/mol. The first-order valence-electron chi connectivity index (χ1n) is 5.95. The molecular formula is C13H22BrO4PSi. The first kappa shape index (κ1) is 19.9. The van der Waals surface area contributed by atoms with Crippen LogP contribution in [0.3, 0.4) is 0 Å². The van der Waals surface area contributed by atoms with Gasteiger partial charge in [0.05, 0.1) is 26.2 Å². The number of ether oxygens (including phenoxy) is 3. The maximum atomic E-state index is 9.61. The Morgan fingerprint density at radius 3 is 2.30 bits per heavy atom. The van der Waals surface area contributed by atoms with Gasteiger partial charge in [-0.2, -0.15) is 0 Å². The van der Waals surface area contributed by atoms with Crippen molar-refractivity contribution in [3.63, 3.8) is 0 Å². The first-order valence-corrected chi connectivity index (χ1v) is 10.4. The van der Waals surface area contributed by atoms with Crippen molar-refractivity contribution < 1.29 is 36.3 Å². The van der Waals surface area contributed by atoms with Gasteiger partial charge in [0.15, 0.2) is 15.3 Å². The zero-order valence-corrected chi connectivity index (χ0v) is 16.0. The van der Waals surface area contributed by atoms with Gasteiger partial charge in [0, 0.05) is 27.5 Å². The largest absolute Gasteiger partial charge is 1.00 e. The van der Waals surface area contributed by atoms with Crippen LogP contribution < -0.4 is 27.0 Å². The second kappa shape index (κ2) is 9.00. The highest BCUT2D eigenvalue weighted by Gasteiger charge is 2.27. The van der Waals surface area contributed by atoms with Crippen molar-refractivity contribution in [3.05, 3.63) is 18.2 Å². The number of halogens is 1. The Labute approximate surface area is 134 Å². The Balaban J connectivity index is 0.00000361. The minimum absolute atomic E-state index is 0. The van der Waals surface area contributed by atoms with E-state index in [1.165, 1.54) is 0 Å². The molecule has 0 heterocycles. The number of phenolic OH excluding ortho intramolecular Hbond substituents is 1. The van der Waals surface area contributed by atoms with Crippen molar-refractivity contribution in [3.8, 4) is 11.5 Å². The van der Waals surface area contributed by atoms with Crippen LogP contribution in [0.15, 0.2) is 18.2 Å². The molecule has 0 aliphatic carbocycles. The molecule has 7 heteroatoms. The molecule has 0 amide bonds. The Kier molecular flexibility index (Phi) is 8.94. The smallest absolute Gasteiger partial charge is 0.166 e. The van der Waals surface area contributed by atoms with Crippen molar-refractivity contribution >= 4 is 22.1 Å². The predicted octanol–water partition coefficient (Wildman–Crippen LogP) is -1.45. The summed E-state index contributed by atoms with van der Waals surface area (Å²) in [4.78, 5) is 0. The Hall–Kier alpha value is -0.133. The summed E-state index contributed by atoms with van der Waals surface area (Å²) in [6.45, 7) is 6.60. The summed E-state index contributed by atoms with van der Waals surface area (Å²) < 4.78 is 16.1. The summed E-state index contributed by atoms with van der Waals surface area (Å²) in [7, 11) is 2.39. The second-order valence-electron chi connectivity index (χ2n) is 4.96. The third-order valence-corrected chi connectivity index (χ3v) is 5.48. The van der Waals surface area contributed by atoms with Crippen LogP contribution in [0.2, 0.25) is 0 Å². The van der Waals surface area contributed by atoms with Crippen molar-refractivity contribution in [2.45, 2.75) is 5.91 Å². The maximum Gasteiger partial charge on any atom is 0.166 e. The molecule has 0 unspecified atom stereocenters. The van der Waals surface area contributed by atoms with Crippen molar-refractivity contribution in [2.24, 2.45) is 0 Å². The van der Waals surface area contributed by atoms with E-state index in [4.69, 9.17) is 14.2 Å². The van der Waals surface area contributed by atoms with E-state index in [0.29, 0.717) is 15.7 Å². The molecule has 1 N–H and O–H groups in total. The molecule has 0 saturated heterocycles. The summed E-state index contributed by atoms with van der Waals surface area (Å²) in [5, 5.41) is 10.7. The van der Waals surface area contributed by atoms with Crippen LogP contribution in [0.25, 0.3) is 0 Å². The van der Waals surface area contributed by atoms with Gasteiger partial charge in [0.25, 0.3) is 0 Å². The van der Waals surface area contributed by atoms with Gasteiger partial charge in [-0.3, -0.25) is 0 Å². The fourth-order valence-corrected chi connectivity index (χ4v) is 3.63. The van der Waals surface area contributed by atoms with E-state index in [1.54, 1.807) is 26.4 Å². The molecule has 0 aliphatic heterocycles. The molecule has 0 aliphatic rings. The predicted molar refractivity (Wildman–Crippen MR) is 81.5 cm³/mol. The maximum absolute atomic E-state index is 9.61. The van der Waals surface area contributed by atoms with Crippen LogP contribution >= 0.6 is 7.26 Å². The molecule has 4 nitrogen and oxygen atoms in total. The molecule has 0 fully saturated rings. The summed E-state index contributed by atoms with van der Waals surface area (Å²) in [5.41, 5.74) is 0.